The number of halogens is 3. The molecule has 1 aromatic rings. The lowest BCUT2D eigenvalue weighted by Crippen LogP contribution is -2.21. The number of hydrogen-bond acceptors (Lipinski definition) is 4. The van der Waals surface area contributed by atoms with Gasteiger partial charge >= 0.3 is 12.1 Å². The van der Waals surface area contributed by atoms with Gasteiger partial charge in [0, 0.05) is 6.20 Å². The Morgan fingerprint density at radius 3 is 2.57 bits per heavy atom. The van der Waals surface area contributed by atoms with Crippen molar-refractivity contribution < 1.29 is 22.7 Å². The van der Waals surface area contributed by atoms with Crippen LogP contribution >= 0.6 is 11.8 Å². The molecule has 1 heterocycles. The maximum Gasteiger partial charge on any atom is 0.417 e. The Labute approximate surface area is 125 Å². The van der Waals surface area contributed by atoms with Gasteiger partial charge in [0.1, 0.15) is 6.10 Å². The SMILES string of the molecule is O=C(CSc1ccc(C(F)(F)F)cn1)OC1CCCCC1. The fraction of sp³-hybridized carbons (Fsp3) is 0.571. The van der Waals surface area contributed by atoms with Gasteiger partial charge in [-0.2, -0.15) is 13.2 Å². The van der Waals surface area contributed by atoms with Gasteiger partial charge in [0.2, 0.25) is 0 Å². The van der Waals surface area contributed by atoms with E-state index in [4.69, 9.17) is 4.74 Å². The Kier molecular flexibility index (Phi) is 5.50. The maximum atomic E-state index is 12.4. The first-order chi connectivity index (χ1) is 9.95. The van der Waals surface area contributed by atoms with Crippen LogP contribution in [0.25, 0.3) is 0 Å². The van der Waals surface area contributed by atoms with E-state index in [9.17, 15) is 18.0 Å². The number of aromatic nitrogens is 1. The number of esters is 1. The lowest BCUT2D eigenvalue weighted by molar-refractivity contribution is -0.147. The van der Waals surface area contributed by atoms with E-state index in [-0.39, 0.29) is 17.8 Å². The van der Waals surface area contributed by atoms with Crippen LogP contribution in [0, 0.1) is 0 Å². The molecule has 0 spiro atoms. The molecule has 116 valence electrons. The number of rotatable bonds is 4. The van der Waals surface area contributed by atoms with E-state index in [1.54, 1.807) is 0 Å². The molecule has 1 fully saturated rings. The molecule has 0 aliphatic heterocycles. The van der Waals surface area contributed by atoms with Crippen molar-refractivity contribution in [1.82, 2.24) is 4.98 Å². The zero-order chi connectivity index (χ0) is 15.3. The van der Waals surface area contributed by atoms with E-state index in [1.165, 1.54) is 12.5 Å². The van der Waals surface area contributed by atoms with Crippen molar-refractivity contribution in [3.8, 4) is 0 Å². The predicted molar refractivity (Wildman–Crippen MR) is 72.9 cm³/mol. The monoisotopic (exact) mass is 319 g/mol. The van der Waals surface area contributed by atoms with Crippen LogP contribution in [0.1, 0.15) is 37.7 Å². The summed E-state index contributed by atoms with van der Waals surface area (Å²) in [5.41, 5.74) is -0.795. The Bertz CT molecular complexity index is 470. The third kappa shape index (κ3) is 5.22. The van der Waals surface area contributed by atoms with Gasteiger partial charge in [0.05, 0.1) is 16.3 Å². The van der Waals surface area contributed by atoms with Crippen molar-refractivity contribution in [2.24, 2.45) is 0 Å². The molecule has 21 heavy (non-hydrogen) atoms. The normalized spacial score (nSPS) is 16.7. The van der Waals surface area contributed by atoms with Crippen LogP contribution in [0.3, 0.4) is 0 Å². The highest BCUT2D eigenvalue weighted by Gasteiger charge is 2.30. The van der Waals surface area contributed by atoms with E-state index in [1.807, 2.05) is 0 Å². The van der Waals surface area contributed by atoms with E-state index in [2.05, 4.69) is 4.98 Å². The highest BCUT2D eigenvalue weighted by molar-refractivity contribution is 7.99. The van der Waals surface area contributed by atoms with Crippen LogP contribution in [0.4, 0.5) is 13.2 Å². The first-order valence-corrected chi connectivity index (χ1v) is 7.79. The van der Waals surface area contributed by atoms with Crippen LogP contribution in [0.15, 0.2) is 23.4 Å². The lowest BCUT2D eigenvalue weighted by atomic mass is 9.98. The molecule has 0 atom stereocenters. The molecule has 1 aliphatic carbocycles. The Morgan fingerprint density at radius 2 is 2.00 bits per heavy atom. The topological polar surface area (TPSA) is 39.2 Å². The summed E-state index contributed by atoms with van der Waals surface area (Å²) in [5, 5.41) is 0.378. The van der Waals surface area contributed by atoms with Crippen molar-refractivity contribution in [3.63, 3.8) is 0 Å². The van der Waals surface area contributed by atoms with Crippen LogP contribution in [0.5, 0.6) is 0 Å². The van der Waals surface area contributed by atoms with E-state index >= 15 is 0 Å². The standard InChI is InChI=1S/C14H16F3NO2S/c15-14(16,17)10-6-7-12(18-8-10)21-9-13(19)20-11-4-2-1-3-5-11/h6-8,11H,1-5,9H2. The Hall–Kier alpha value is -1.24. The van der Waals surface area contributed by atoms with Crippen LogP contribution in [-0.4, -0.2) is 22.8 Å². The summed E-state index contributed by atoms with van der Waals surface area (Å²) in [4.78, 5) is 15.4. The number of pyridine rings is 1. The van der Waals surface area contributed by atoms with Gasteiger partial charge in [-0.3, -0.25) is 4.79 Å². The quantitative estimate of drug-likeness (QED) is 0.619. The van der Waals surface area contributed by atoms with Crippen molar-refractivity contribution in [2.75, 3.05) is 5.75 Å². The molecule has 1 saturated carbocycles. The second-order valence-corrected chi connectivity index (χ2v) is 5.92. The first-order valence-electron chi connectivity index (χ1n) is 6.80. The van der Waals surface area contributed by atoms with Gasteiger partial charge in [-0.05, 0) is 37.8 Å². The summed E-state index contributed by atoms with van der Waals surface area (Å²) in [5.74, 6) is -0.275. The number of alkyl halides is 3. The Balaban J connectivity index is 1.78. The average Bonchev–Trinajstić information content (AvgIpc) is 2.46. The van der Waals surface area contributed by atoms with E-state index < -0.39 is 11.7 Å². The van der Waals surface area contributed by atoms with Crippen LogP contribution in [-0.2, 0) is 15.7 Å². The molecule has 2 rings (SSSR count). The van der Waals surface area contributed by atoms with Crippen molar-refractivity contribution in [2.45, 2.75) is 49.4 Å². The van der Waals surface area contributed by atoms with Gasteiger partial charge in [0.25, 0.3) is 0 Å². The molecule has 1 aromatic heterocycles. The minimum Gasteiger partial charge on any atom is -0.462 e. The molecular weight excluding hydrogens is 303 g/mol. The van der Waals surface area contributed by atoms with E-state index in [0.29, 0.717) is 5.03 Å². The molecule has 0 radical (unpaired) electrons. The third-order valence-electron chi connectivity index (χ3n) is 3.25. The molecule has 0 unspecified atom stereocenters. The zero-order valence-electron chi connectivity index (χ0n) is 11.4. The zero-order valence-corrected chi connectivity index (χ0v) is 12.2. The summed E-state index contributed by atoms with van der Waals surface area (Å²) >= 11 is 1.08. The van der Waals surface area contributed by atoms with Gasteiger partial charge in [-0.15, -0.1) is 0 Å². The molecule has 0 amide bonds. The lowest BCUT2D eigenvalue weighted by Gasteiger charge is -2.21. The minimum atomic E-state index is -4.39. The number of ether oxygens (including phenoxy) is 1. The number of nitrogens with zero attached hydrogens (tertiary/aromatic N) is 1. The molecule has 0 saturated heterocycles. The fourth-order valence-corrected chi connectivity index (χ4v) is 2.79. The molecular formula is C14H16F3NO2S. The average molecular weight is 319 g/mol. The van der Waals surface area contributed by atoms with Crippen molar-refractivity contribution in [1.29, 1.82) is 0 Å². The molecule has 3 nitrogen and oxygen atoms in total. The van der Waals surface area contributed by atoms with Crippen molar-refractivity contribution >= 4 is 17.7 Å². The Morgan fingerprint density at radius 1 is 1.29 bits per heavy atom. The number of carbonyl (C=O) groups excluding carboxylic acids is 1. The summed E-state index contributed by atoms with van der Waals surface area (Å²) in [7, 11) is 0. The van der Waals surface area contributed by atoms with Gasteiger partial charge < -0.3 is 4.74 Å². The summed E-state index contributed by atoms with van der Waals surface area (Å²) in [6.07, 6.45) is 1.50. The van der Waals surface area contributed by atoms with E-state index in [0.717, 1.165) is 49.7 Å². The third-order valence-corrected chi connectivity index (χ3v) is 4.17. The van der Waals surface area contributed by atoms with Crippen LogP contribution < -0.4 is 0 Å². The van der Waals surface area contributed by atoms with Gasteiger partial charge in [0.15, 0.2) is 0 Å². The van der Waals surface area contributed by atoms with Crippen LogP contribution in [0.2, 0.25) is 0 Å². The highest BCUT2D eigenvalue weighted by atomic mass is 32.2. The number of hydrogen-bond donors (Lipinski definition) is 0. The predicted octanol–water partition coefficient (Wildman–Crippen LogP) is 4.07. The molecule has 0 N–H and O–H groups in total. The number of carbonyl (C=O) groups is 1. The summed E-state index contributed by atoms with van der Waals surface area (Å²) in [6.45, 7) is 0. The second kappa shape index (κ2) is 7.15. The largest absolute Gasteiger partial charge is 0.462 e. The molecule has 7 heteroatoms. The second-order valence-electron chi connectivity index (χ2n) is 4.92. The summed E-state index contributed by atoms with van der Waals surface area (Å²) in [6, 6.07) is 2.23. The fourth-order valence-electron chi connectivity index (χ4n) is 2.17. The molecule has 0 aromatic carbocycles. The first kappa shape index (κ1) is 16.1. The van der Waals surface area contributed by atoms with Crippen molar-refractivity contribution in [3.05, 3.63) is 23.9 Å². The summed E-state index contributed by atoms with van der Waals surface area (Å²) < 4.78 is 42.4. The molecule has 1 aliphatic rings. The van der Waals surface area contributed by atoms with Gasteiger partial charge in [-0.25, -0.2) is 4.98 Å². The minimum absolute atomic E-state index is 0.00702. The number of thioether (sulfide) groups is 1. The highest BCUT2D eigenvalue weighted by Crippen LogP contribution is 2.29. The molecule has 0 bridgehead atoms. The maximum absolute atomic E-state index is 12.4. The van der Waals surface area contributed by atoms with Gasteiger partial charge in [-0.1, -0.05) is 18.2 Å². The smallest absolute Gasteiger partial charge is 0.417 e.